The molecule has 0 spiro atoms. The fraction of sp³-hybridized carbons (Fsp3) is 0.0385. The Kier molecular flexibility index (Phi) is 5.17. The van der Waals surface area contributed by atoms with Gasteiger partial charge in [-0.25, -0.2) is 5.43 Å². The van der Waals surface area contributed by atoms with Crippen LogP contribution in [0.25, 0.3) is 10.8 Å². The number of rotatable bonds is 5. The predicted molar refractivity (Wildman–Crippen MR) is 127 cm³/mol. The van der Waals surface area contributed by atoms with Gasteiger partial charge < -0.3 is 4.90 Å². The lowest BCUT2D eigenvalue weighted by atomic mass is 10.1. The van der Waals surface area contributed by atoms with E-state index in [-0.39, 0.29) is 11.8 Å². The monoisotopic (exact) mass is 439 g/mol. The summed E-state index contributed by atoms with van der Waals surface area (Å²) in [7, 11) is 0. The minimum atomic E-state index is -0.309. The summed E-state index contributed by atoms with van der Waals surface area (Å²) >= 11 is 5.86. The summed E-state index contributed by atoms with van der Waals surface area (Å²) in [5.41, 5.74) is 6.42. The van der Waals surface area contributed by atoms with Gasteiger partial charge in [0.2, 0.25) is 0 Å². The van der Waals surface area contributed by atoms with E-state index in [9.17, 15) is 9.59 Å². The molecule has 5 nitrogen and oxygen atoms in total. The van der Waals surface area contributed by atoms with Gasteiger partial charge in [-0.15, -0.1) is 0 Å². The van der Waals surface area contributed by atoms with Crippen molar-refractivity contribution in [3.63, 3.8) is 0 Å². The third-order valence-corrected chi connectivity index (χ3v) is 5.71. The predicted octanol–water partition coefficient (Wildman–Crippen LogP) is 5.42. The highest BCUT2D eigenvalue weighted by Gasteiger charge is 2.29. The fourth-order valence-electron chi connectivity index (χ4n) is 3.86. The molecular formula is C26H18ClN3O2. The van der Waals surface area contributed by atoms with Crippen molar-refractivity contribution in [2.75, 3.05) is 4.90 Å². The van der Waals surface area contributed by atoms with Crippen LogP contribution in [0.5, 0.6) is 0 Å². The number of amides is 2. The zero-order chi connectivity index (χ0) is 22.1. The third-order valence-electron chi connectivity index (χ3n) is 5.46. The van der Waals surface area contributed by atoms with E-state index >= 15 is 0 Å². The Morgan fingerprint density at radius 2 is 1.66 bits per heavy atom. The van der Waals surface area contributed by atoms with Crippen LogP contribution in [0.15, 0.2) is 90.0 Å². The Balaban J connectivity index is 1.27. The topological polar surface area (TPSA) is 61.8 Å². The highest BCUT2D eigenvalue weighted by atomic mass is 35.5. The minimum Gasteiger partial charge on any atom is -0.303 e. The molecule has 156 valence electrons. The Morgan fingerprint density at radius 3 is 2.41 bits per heavy atom. The first-order valence-electron chi connectivity index (χ1n) is 10.1. The molecule has 1 N–H and O–H groups in total. The van der Waals surface area contributed by atoms with E-state index in [1.807, 2.05) is 60.7 Å². The number of hydrogen-bond acceptors (Lipinski definition) is 3. The number of carbonyl (C=O) groups is 2. The summed E-state index contributed by atoms with van der Waals surface area (Å²) in [5.74, 6) is -0.314. The number of nitrogens with zero attached hydrogens (tertiary/aromatic N) is 2. The average molecular weight is 440 g/mol. The zero-order valence-corrected chi connectivity index (χ0v) is 17.7. The van der Waals surface area contributed by atoms with Crippen LogP contribution >= 0.6 is 11.6 Å². The molecule has 2 amide bonds. The van der Waals surface area contributed by atoms with E-state index < -0.39 is 0 Å². The molecule has 0 saturated heterocycles. The summed E-state index contributed by atoms with van der Waals surface area (Å²) in [4.78, 5) is 27.1. The quantitative estimate of drug-likeness (QED) is 0.333. The highest BCUT2D eigenvalue weighted by Crippen LogP contribution is 2.37. The van der Waals surface area contributed by atoms with Crippen LogP contribution in [0.3, 0.4) is 0 Å². The van der Waals surface area contributed by atoms with Gasteiger partial charge in [-0.3, -0.25) is 9.59 Å². The molecule has 6 heteroatoms. The molecule has 4 aromatic carbocycles. The van der Waals surface area contributed by atoms with Gasteiger partial charge in [-0.05, 0) is 52.9 Å². The zero-order valence-electron chi connectivity index (χ0n) is 17.0. The van der Waals surface area contributed by atoms with Crippen molar-refractivity contribution in [1.82, 2.24) is 5.43 Å². The van der Waals surface area contributed by atoms with Crippen LogP contribution < -0.4 is 10.3 Å². The van der Waals surface area contributed by atoms with Crippen LogP contribution in [0.4, 0.5) is 5.69 Å². The van der Waals surface area contributed by atoms with Gasteiger partial charge in [-0.2, -0.15) is 5.10 Å². The Morgan fingerprint density at radius 1 is 0.938 bits per heavy atom. The van der Waals surface area contributed by atoms with E-state index in [0.717, 1.165) is 33.2 Å². The molecule has 0 atom stereocenters. The lowest BCUT2D eigenvalue weighted by molar-refractivity contribution is 0.0953. The number of nitrogens with one attached hydrogen (secondary N) is 1. The van der Waals surface area contributed by atoms with Crippen LogP contribution in [0.2, 0.25) is 5.02 Å². The number of halogens is 1. The maximum absolute atomic E-state index is 12.9. The van der Waals surface area contributed by atoms with Gasteiger partial charge in [0.25, 0.3) is 11.8 Å². The van der Waals surface area contributed by atoms with Crippen molar-refractivity contribution in [2.24, 2.45) is 5.10 Å². The third kappa shape index (κ3) is 3.74. The molecule has 0 aliphatic carbocycles. The summed E-state index contributed by atoms with van der Waals surface area (Å²) < 4.78 is 0. The van der Waals surface area contributed by atoms with Crippen molar-refractivity contribution in [3.05, 3.63) is 112 Å². The molecule has 5 rings (SSSR count). The number of hydrazone groups is 1. The van der Waals surface area contributed by atoms with Gasteiger partial charge in [0.05, 0.1) is 18.4 Å². The first-order valence-corrected chi connectivity index (χ1v) is 10.5. The molecule has 4 aromatic rings. The van der Waals surface area contributed by atoms with Gasteiger partial charge in [0, 0.05) is 21.5 Å². The second-order valence-corrected chi connectivity index (χ2v) is 7.96. The van der Waals surface area contributed by atoms with Crippen LogP contribution in [-0.2, 0) is 6.54 Å². The van der Waals surface area contributed by atoms with Crippen molar-refractivity contribution in [1.29, 1.82) is 0 Å². The molecule has 1 aliphatic heterocycles. The molecule has 0 fully saturated rings. The standard InChI is InChI=1S/C26H18ClN3O2/c27-21-13-9-17(10-14-21)15-28-29-25(31)20-11-7-18(8-12-20)16-30-23-6-2-4-19-3-1-5-22(24(19)23)26(30)32/h1-15H,16H2,(H,29,31). The molecule has 32 heavy (non-hydrogen) atoms. The second-order valence-electron chi connectivity index (χ2n) is 7.52. The average Bonchev–Trinajstić information content (AvgIpc) is 3.09. The Bertz CT molecular complexity index is 1360. The number of carbonyl (C=O) groups excluding carboxylic acids is 2. The molecule has 1 heterocycles. The molecule has 0 unspecified atom stereocenters. The molecule has 1 aliphatic rings. The molecule has 0 radical (unpaired) electrons. The lowest BCUT2D eigenvalue weighted by Gasteiger charge is -2.18. The largest absolute Gasteiger partial charge is 0.303 e. The van der Waals surface area contributed by atoms with E-state index in [1.165, 1.54) is 0 Å². The van der Waals surface area contributed by atoms with Crippen LogP contribution in [0.1, 0.15) is 31.8 Å². The lowest BCUT2D eigenvalue weighted by Crippen LogP contribution is -2.26. The van der Waals surface area contributed by atoms with Crippen molar-refractivity contribution in [2.45, 2.75) is 6.54 Å². The Labute approximate surface area is 189 Å². The first kappa shape index (κ1) is 20.0. The maximum Gasteiger partial charge on any atom is 0.271 e. The van der Waals surface area contributed by atoms with E-state index in [2.05, 4.69) is 10.5 Å². The minimum absolute atomic E-state index is 0.00448. The fourth-order valence-corrected chi connectivity index (χ4v) is 3.99. The molecule has 0 bridgehead atoms. The number of anilines is 1. The van der Waals surface area contributed by atoms with Gasteiger partial charge in [0.15, 0.2) is 0 Å². The number of hydrogen-bond donors (Lipinski definition) is 1. The normalized spacial score (nSPS) is 12.7. The van der Waals surface area contributed by atoms with Crippen LogP contribution in [-0.4, -0.2) is 18.0 Å². The van der Waals surface area contributed by atoms with E-state index in [0.29, 0.717) is 17.1 Å². The Hall–Kier alpha value is -3.96. The molecule has 0 saturated carbocycles. The van der Waals surface area contributed by atoms with Gasteiger partial charge in [0.1, 0.15) is 0 Å². The van der Waals surface area contributed by atoms with E-state index in [1.54, 1.807) is 35.4 Å². The molecule has 0 aromatic heterocycles. The molecular weight excluding hydrogens is 422 g/mol. The van der Waals surface area contributed by atoms with Crippen molar-refractivity contribution in [3.8, 4) is 0 Å². The summed E-state index contributed by atoms with van der Waals surface area (Å²) in [6.45, 7) is 0.434. The van der Waals surface area contributed by atoms with Crippen molar-refractivity contribution < 1.29 is 9.59 Å². The maximum atomic E-state index is 12.9. The van der Waals surface area contributed by atoms with Gasteiger partial charge >= 0.3 is 0 Å². The summed E-state index contributed by atoms with van der Waals surface area (Å²) in [6, 6.07) is 26.1. The van der Waals surface area contributed by atoms with E-state index in [4.69, 9.17) is 11.6 Å². The van der Waals surface area contributed by atoms with Crippen LogP contribution in [0, 0.1) is 0 Å². The number of benzene rings is 4. The second kappa shape index (κ2) is 8.29. The highest BCUT2D eigenvalue weighted by molar-refractivity contribution is 6.30. The first-order chi connectivity index (χ1) is 15.6. The van der Waals surface area contributed by atoms with Crippen molar-refractivity contribution >= 4 is 46.1 Å². The smallest absolute Gasteiger partial charge is 0.271 e. The summed E-state index contributed by atoms with van der Waals surface area (Å²) in [5, 5.41) is 6.68. The SMILES string of the molecule is O=C(NN=Cc1ccc(Cl)cc1)c1ccc(CN2C(=O)c3cccc4cccc2c34)cc1. The summed E-state index contributed by atoms with van der Waals surface area (Å²) in [6.07, 6.45) is 1.56. The van der Waals surface area contributed by atoms with Gasteiger partial charge in [-0.1, -0.05) is 60.1 Å².